The molecule has 11 heteroatoms. The number of piperidine rings is 1. The quantitative estimate of drug-likeness (QED) is 0.191. The molecule has 0 aliphatic carbocycles. The summed E-state index contributed by atoms with van der Waals surface area (Å²) in [6.45, 7) is 9.22. The molecule has 46 heavy (non-hydrogen) atoms. The highest BCUT2D eigenvalue weighted by atomic mass is 32.1. The fourth-order valence-corrected chi connectivity index (χ4v) is 6.93. The van der Waals surface area contributed by atoms with E-state index in [4.69, 9.17) is 9.47 Å². The summed E-state index contributed by atoms with van der Waals surface area (Å²) >= 11 is 1.40. The van der Waals surface area contributed by atoms with Crippen LogP contribution in [0.2, 0.25) is 0 Å². The van der Waals surface area contributed by atoms with Gasteiger partial charge in [-0.05, 0) is 82.3 Å². The lowest BCUT2D eigenvalue weighted by molar-refractivity contribution is 0.0165. The molecule has 0 unspecified atom stereocenters. The highest BCUT2D eigenvalue weighted by molar-refractivity contribution is 7.25. The second-order valence-corrected chi connectivity index (χ2v) is 13.6. The van der Waals surface area contributed by atoms with E-state index in [9.17, 15) is 19.2 Å². The smallest absolute Gasteiger partial charge is 0.410 e. The number of carbonyl (C=O) groups excluding carboxylic acids is 1. The van der Waals surface area contributed by atoms with Crippen LogP contribution in [-0.4, -0.2) is 50.8 Å². The minimum atomic E-state index is -0.843. The fourth-order valence-electron chi connectivity index (χ4n) is 5.69. The first-order valence-electron chi connectivity index (χ1n) is 15.2. The number of aromatic nitrogens is 3. The van der Waals surface area contributed by atoms with E-state index in [1.54, 1.807) is 29.4 Å². The summed E-state index contributed by atoms with van der Waals surface area (Å²) < 4.78 is 28.8. The average Bonchev–Trinajstić information content (AvgIpc) is 3.40. The molecular weight excluding hydrogens is 605 g/mol. The molecule has 0 N–H and O–H groups in total. The van der Waals surface area contributed by atoms with E-state index in [-0.39, 0.29) is 6.09 Å². The number of pyridine rings is 1. The van der Waals surface area contributed by atoms with Gasteiger partial charge < -0.3 is 14.4 Å². The van der Waals surface area contributed by atoms with Crippen LogP contribution in [0.3, 0.4) is 0 Å². The third-order valence-corrected chi connectivity index (χ3v) is 9.33. The van der Waals surface area contributed by atoms with E-state index in [1.165, 1.54) is 22.0 Å². The van der Waals surface area contributed by atoms with E-state index in [2.05, 4.69) is 16.0 Å². The molecule has 1 aliphatic rings. The number of nitrogens with zero attached hydrogens (tertiary/aromatic N) is 5. The number of halogens is 1. The lowest BCUT2D eigenvalue weighted by Gasteiger charge is -2.33. The normalized spacial score (nSPS) is 14.7. The van der Waals surface area contributed by atoms with E-state index in [0.29, 0.717) is 53.0 Å². The monoisotopic (exact) mass is 639 g/mol. The molecule has 0 radical (unpaired) electrons. The van der Waals surface area contributed by atoms with Crippen LogP contribution >= 0.6 is 11.3 Å². The Morgan fingerprint density at radius 3 is 2.54 bits per heavy atom. The van der Waals surface area contributed by atoms with Crippen LogP contribution in [0, 0.1) is 23.1 Å². The summed E-state index contributed by atoms with van der Waals surface area (Å²) in [5, 5.41) is 10.7. The van der Waals surface area contributed by atoms with Gasteiger partial charge in [0.2, 0.25) is 0 Å². The zero-order valence-corrected chi connectivity index (χ0v) is 26.9. The van der Waals surface area contributed by atoms with Gasteiger partial charge in [0.15, 0.2) is 17.4 Å². The topological polar surface area (TPSA) is 110 Å². The van der Waals surface area contributed by atoms with Crippen LogP contribution < -0.4 is 10.3 Å². The molecule has 0 bridgehead atoms. The molecule has 9 nitrogen and oxygen atoms in total. The van der Waals surface area contributed by atoms with Crippen LogP contribution in [0.5, 0.6) is 5.75 Å². The first-order chi connectivity index (χ1) is 22.0. The number of benzene rings is 2. The van der Waals surface area contributed by atoms with Gasteiger partial charge in [-0.1, -0.05) is 18.2 Å². The number of nitriles is 1. The largest absolute Gasteiger partial charge is 0.490 e. The number of carbonyl (C=O) groups is 1. The van der Waals surface area contributed by atoms with Crippen LogP contribution in [0.25, 0.3) is 31.7 Å². The van der Waals surface area contributed by atoms with Crippen LogP contribution in [0.1, 0.15) is 57.7 Å². The average molecular weight is 640 g/mol. The molecule has 5 aromatic rings. The summed E-state index contributed by atoms with van der Waals surface area (Å²) in [6, 6.07) is 15.7. The maximum Gasteiger partial charge on any atom is 0.410 e. The molecule has 0 saturated carbocycles. The van der Waals surface area contributed by atoms with Gasteiger partial charge in [-0.15, -0.1) is 11.3 Å². The Kier molecular flexibility index (Phi) is 8.49. The molecule has 1 amide bonds. The highest BCUT2D eigenvalue weighted by Crippen LogP contribution is 2.36. The Morgan fingerprint density at radius 1 is 1.11 bits per heavy atom. The lowest BCUT2D eigenvalue weighted by atomic mass is 9.98. The Labute approximate surface area is 269 Å². The van der Waals surface area contributed by atoms with Crippen molar-refractivity contribution >= 4 is 37.7 Å². The second-order valence-electron chi connectivity index (χ2n) is 12.6. The Bertz CT molecular complexity index is 2020. The molecule has 1 saturated heterocycles. The summed E-state index contributed by atoms with van der Waals surface area (Å²) in [4.78, 5) is 36.9. The van der Waals surface area contributed by atoms with Crippen LogP contribution in [-0.2, 0) is 4.74 Å². The molecule has 4 heterocycles. The lowest BCUT2D eigenvalue weighted by Crippen LogP contribution is -2.42. The number of likely N-dealkylation sites (tertiary alicyclic amines) is 1. The summed E-state index contributed by atoms with van der Waals surface area (Å²) in [7, 11) is 0. The van der Waals surface area contributed by atoms with Crippen molar-refractivity contribution in [3.05, 3.63) is 88.2 Å². The van der Waals surface area contributed by atoms with Gasteiger partial charge in [0.05, 0.1) is 36.7 Å². The summed E-state index contributed by atoms with van der Waals surface area (Å²) in [6.07, 6.45) is 4.66. The SMILES string of the molecule is C[C@H](c1cccc(-c2ncc(OCC3CCN(C(=O)OC(C)(C)C)CC3)cn2)c1)n1c(=O)c(F)cc2c3cc(C#N)ccc3sc21. The standard InChI is InChI=1S/C35H34FN5O4S/c1-21(41-32(42)29(36)16-28-27-14-23(17-37)8-9-30(27)46-33(28)41)24-6-5-7-25(15-24)31-38-18-26(19-39-31)44-20-22-10-12-40(13-11-22)34(43)45-35(2,3)4/h5-9,14-16,18-19,21-22H,10-13,20H2,1-4H3/t21-/m1/s1. The van der Waals surface area contributed by atoms with Crippen molar-refractivity contribution in [1.29, 1.82) is 5.26 Å². The second kappa shape index (κ2) is 12.5. The van der Waals surface area contributed by atoms with E-state index < -0.39 is 23.0 Å². The van der Waals surface area contributed by atoms with Gasteiger partial charge in [0.1, 0.15) is 10.4 Å². The zero-order chi connectivity index (χ0) is 32.6. The number of ether oxygens (including phenoxy) is 2. The molecule has 0 spiro atoms. The van der Waals surface area contributed by atoms with Crippen molar-refractivity contribution in [2.45, 2.75) is 52.2 Å². The van der Waals surface area contributed by atoms with Gasteiger partial charge in [-0.25, -0.2) is 19.2 Å². The minimum Gasteiger partial charge on any atom is -0.490 e. The molecule has 1 fully saturated rings. The number of amides is 1. The van der Waals surface area contributed by atoms with Gasteiger partial charge >= 0.3 is 6.09 Å². The molecule has 1 atom stereocenters. The van der Waals surface area contributed by atoms with E-state index in [1.807, 2.05) is 58.0 Å². The van der Waals surface area contributed by atoms with Crippen LogP contribution in [0.15, 0.2) is 65.7 Å². The van der Waals surface area contributed by atoms with Crippen molar-refractivity contribution in [3.63, 3.8) is 0 Å². The van der Waals surface area contributed by atoms with Crippen LogP contribution in [0.4, 0.5) is 9.18 Å². The van der Waals surface area contributed by atoms with Gasteiger partial charge in [0, 0.05) is 34.1 Å². The minimum absolute atomic E-state index is 0.277. The zero-order valence-electron chi connectivity index (χ0n) is 26.1. The third kappa shape index (κ3) is 6.44. The van der Waals surface area contributed by atoms with Crippen molar-refractivity contribution in [2.24, 2.45) is 5.92 Å². The van der Waals surface area contributed by atoms with Gasteiger partial charge in [-0.3, -0.25) is 9.36 Å². The highest BCUT2D eigenvalue weighted by Gasteiger charge is 2.27. The Balaban J connectivity index is 1.15. The maximum atomic E-state index is 15.0. The summed E-state index contributed by atoms with van der Waals surface area (Å²) in [5.41, 5.74) is 0.805. The first kappa shape index (κ1) is 31.2. The van der Waals surface area contributed by atoms with E-state index >= 15 is 0 Å². The number of thiophene rings is 1. The van der Waals surface area contributed by atoms with Crippen molar-refractivity contribution in [1.82, 2.24) is 19.4 Å². The number of rotatable bonds is 6. The third-order valence-electron chi connectivity index (χ3n) is 8.14. The molecule has 6 rings (SSSR count). The molecule has 2 aromatic carbocycles. The van der Waals surface area contributed by atoms with Gasteiger partial charge in [0.25, 0.3) is 5.56 Å². The predicted molar refractivity (Wildman–Crippen MR) is 176 cm³/mol. The molecule has 3 aromatic heterocycles. The summed E-state index contributed by atoms with van der Waals surface area (Å²) in [5.74, 6) is 0.518. The maximum absolute atomic E-state index is 15.0. The number of hydrogen-bond donors (Lipinski definition) is 0. The number of fused-ring (bicyclic) bond motifs is 3. The van der Waals surface area contributed by atoms with Crippen molar-refractivity contribution in [2.75, 3.05) is 19.7 Å². The fraction of sp³-hybridized carbons (Fsp3) is 0.343. The van der Waals surface area contributed by atoms with Gasteiger partial charge in [-0.2, -0.15) is 5.26 Å². The van der Waals surface area contributed by atoms with E-state index in [0.717, 1.165) is 34.1 Å². The molecule has 1 aliphatic heterocycles. The molecule has 236 valence electrons. The van der Waals surface area contributed by atoms with Crippen molar-refractivity contribution in [3.8, 4) is 23.2 Å². The van der Waals surface area contributed by atoms with Crippen molar-refractivity contribution < 1.29 is 18.7 Å². The Morgan fingerprint density at radius 2 is 1.85 bits per heavy atom. The first-order valence-corrected chi connectivity index (χ1v) is 16.0. The molecular formula is C35H34FN5O4S. The number of hydrogen-bond acceptors (Lipinski definition) is 8. The Hall–Kier alpha value is -4.82. The predicted octanol–water partition coefficient (Wildman–Crippen LogP) is 7.32.